The van der Waals surface area contributed by atoms with Crippen molar-refractivity contribution in [3.8, 4) is 0 Å². The SMILES string of the molecule is O=C1OC(=O)C(=C2CC3CCC2C3)C1=C1CC2CCC1C2. The molecule has 5 aliphatic rings. The minimum atomic E-state index is -0.354. The fourth-order valence-corrected chi connectivity index (χ4v) is 5.70. The van der Waals surface area contributed by atoms with Crippen molar-refractivity contribution >= 4 is 11.9 Å². The molecule has 4 bridgehead atoms. The number of cyclic esters (lactones) is 2. The third-order valence-corrected chi connectivity index (χ3v) is 6.57. The standard InChI is InChI=1S/C18H20O3/c19-17-15(13-7-9-1-3-11(13)5-9)16(18(20)21-17)14-8-10-2-4-12(14)6-10/h9-12H,1-8H2. The van der Waals surface area contributed by atoms with E-state index in [0.29, 0.717) is 23.0 Å². The van der Waals surface area contributed by atoms with Crippen LogP contribution in [0.2, 0.25) is 0 Å². The lowest BCUT2D eigenvalue weighted by Crippen LogP contribution is -2.10. The summed E-state index contributed by atoms with van der Waals surface area (Å²) in [6.07, 6.45) is 9.45. The Bertz CT molecular complexity index is 570. The lowest BCUT2D eigenvalue weighted by atomic mass is 9.83. The highest BCUT2D eigenvalue weighted by Crippen LogP contribution is 2.54. The van der Waals surface area contributed by atoms with Gasteiger partial charge in [0, 0.05) is 0 Å². The Kier molecular flexibility index (Phi) is 2.37. The van der Waals surface area contributed by atoms with Gasteiger partial charge in [-0.25, -0.2) is 9.59 Å². The predicted octanol–water partition coefficient (Wildman–Crippen LogP) is 3.30. The summed E-state index contributed by atoms with van der Waals surface area (Å²) in [4.78, 5) is 24.6. The molecule has 1 aliphatic heterocycles. The van der Waals surface area contributed by atoms with Crippen molar-refractivity contribution in [2.45, 2.75) is 51.4 Å². The van der Waals surface area contributed by atoms with Crippen molar-refractivity contribution in [1.29, 1.82) is 0 Å². The van der Waals surface area contributed by atoms with Crippen LogP contribution in [-0.4, -0.2) is 11.9 Å². The number of hydrogen-bond acceptors (Lipinski definition) is 3. The largest absolute Gasteiger partial charge is 0.386 e. The van der Waals surface area contributed by atoms with Gasteiger partial charge >= 0.3 is 11.9 Å². The fourth-order valence-electron chi connectivity index (χ4n) is 5.70. The van der Waals surface area contributed by atoms with Crippen molar-refractivity contribution in [3.63, 3.8) is 0 Å². The van der Waals surface area contributed by atoms with E-state index in [1.165, 1.54) is 49.7 Å². The molecule has 4 atom stereocenters. The van der Waals surface area contributed by atoms with Crippen LogP contribution in [0.25, 0.3) is 0 Å². The molecule has 0 aromatic rings. The van der Waals surface area contributed by atoms with E-state index >= 15 is 0 Å². The molecule has 0 aromatic heterocycles. The summed E-state index contributed by atoms with van der Waals surface area (Å²) in [6, 6.07) is 0. The van der Waals surface area contributed by atoms with Gasteiger partial charge < -0.3 is 4.74 Å². The maximum Gasteiger partial charge on any atom is 0.346 e. The predicted molar refractivity (Wildman–Crippen MR) is 76.0 cm³/mol. The lowest BCUT2D eigenvalue weighted by Gasteiger charge is -2.18. The van der Waals surface area contributed by atoms with Gasteiger partial charge in [-0.2, -0.15) is 0 Å². The molecule has 1 saturated heterocycles. The monoisotopic (exact) mass is 284 g/mol. The van der Waals surface area contributed by atoms with Gasteiger partial charge in [-0.05, 0) is 75.0 Å². The molecule has 3 heteroatoms. The van der Waals surface area contributed by atoms with E-state index < -0.39 is 0 Å². The van der Waals surface area contributed by atoms with E-state index in [-0.39, 0.29) is 11.9 Å². The van der Waals surface area contributed by atoms with Crippen LogP contribution < -0.4 is 0 Å². The van der Waals surface area contributed by atoms with Crippen LogP contribution >= 0.6 is 0 Å². The highest BCUT2D eigenvalue weighted by molar-refractivity contribution is 6.19. The van der Waals surface area contributed by atoms with Gasteiger partial charge in [0.05, 0.1) is 11.1 Å². The molecule has 21 heavy (non-hydrogen) atoms. The molecule has 0 amide bonds. The summed E-state index contributed by atoms with van der Waals surface area (Å²) in [5, 5.41) is 0. The highest BCUT2D eigenvalue weighted by Gasteiger charge is 2.47. The summed E-state index contributed by atoms with van der Waals surface area (Å²) in [5.41, 5.74) is 3.92. The van der Waals surface area contributed by atoms with Crippen molar-refractivity contribution < 1.29 is 14.3 Å². The van der Waals surface area contributed by atoms with Gasteiger partial charge in [-0.15, -0.1) is 0 Å². The van der Waals surface area contributed by atoms with Crippen LogP contribution in [0.3, 0.4) is 0 Å². The zero-order valence-corrected chi connectivity index (χ0v) is 12.2. The molecular weight excluding hydrogens is 264 g/mol. The maximum atomic E-state index is 12.3. The minimum Gasteiger partial charge on any atom is -0.386 e. The zero-order valence-electron chi connectivity index (χ0n) is 12.2. The Morgan fingerprint density at radius 3 is 1.52 bits per heavy atom. The Morgan fingerprint density at radius 1 is 0.714 bits per heavy atom. The summed E-state index contributed by atoms with van der Waals surface area (Å²) >= 11 is 0. The number of esters is 2. The maximum absolute atomic E-state index is 12.3. The van der Waals surface area contributed by atoms with E-state index in [9.17, 15) is 9.59 Å². The number of rotatable bonds is 0. The summed E-state index contributed by atoms with van der Waals surface area (Å²) in [5.74, 6) is 1.86. The molecule has 4 unspecified atom stereocenters. The van der Waals surface area contributed by atoms with Crippen LogP contribution in [0.5, 0.6) is 0 Å². The minimum absolute atomic E-state index is 0.354. The number of hydrogen-bond donors (Lipinski definition) is 0. The third kappa shape index (κ3) is 1.60. The highest BCUT2D eigenvalue weighted by atomic mass is 16.6. The lowest BCUT2D eigenvalue weighted by molar-refractivity contribution is -0.149. The number of carbonyl (C=O) groups excluding carboxylic acids is 2. The Morgan fingerprint density at radius 2 is 1.19 bits per heavy atom. The van der Waals surface area contributed by atoms with E-state index in [1.54, 1.807) is 0 Å². The van der Waals surface area contributed by atoms with E-state index in [2.05, 4.69) is 0 Å². The molecule has 3 nitrogen and oxygen atoms in total. The van der Waals surface area contributed by atoms with Gasteiger partial charge in [0.2, 0.25) is 0 Å². The molecule has 0 spiro atoms. The van der Waals surface area contributed by atoms with E-state index in [4.69, 9.17) is 4.74 Å². The van der Waals surface area contributed by atoms with Crippen LogP contribution in [0.4, 0.5) is 0 Å². The first-order valence-corrected chi connectivity index (χ1v) is 8.43. The smallest absolute Gasteiger partial charge is 0.346 e. The Labute approximate surface area is 124 Å². The molecule has 5 rings (SSSR count). The molecule has 0 N–H and O–H groups in total. The van der Waals surface area contributed by atoms with Crippen molar-refractivity contribution in [1.82, 2.24) is 0 Å². The average molecular weight is 284 g/mol. The van der Waals surface area contributed by atoms with E-state index in [1.807, 2.05) is 0 Å². The Hall–Kier alpha value is -1.38. The number of carbonyl (C=O) groups is 2. The molecule has 0 aromatic carbocycles. The molecule has 0 radical (unpaired) electrons. The molecular formula is C18H20O3. The van der Waals surface area contributed by atoms with Crippen LogP contribution in [0, 0.1) is 23.7 Å². The molecule has 5 fully saturated rings. The van der Waals surface area contributed by atoms with Gasteiger partial charge in [0.1, 0.15) is 0 Å². The number of ether oxygens (including phenoxy) is 1. The van der Waals surface area contributed by atoms with Crippen molar-refractivity contribution in [2.24, 2.45) is 23.7 Å². The quantitative estimate of drug-likeness (QED) is 0.389. The topological polar surface area (TPSA) is 43.4 Å². The van der Waals surface area contributed by atoms with Crippen LogP contribution in [-0.2, 0) is 14.3 Å². The second-order valence-corrected chi connectivity index (χ2v) is 7.64. The Balaban J connectivity index is 1.66. The van der Waals surface area contributed by atoms with E-state index in [0.717, 1.165) is 24.7 Å². The molecule has 1 heterocycles. The first-order valence-electron chi connectivity index (χ1n) is 8.43. The fraction of sp³-hybridized carbons (Fsp3) is 0.667. The van der Waals surface area contributed by atoms with Crippen LogP contribution in [0.15, 0.2) is 22.3 Å². The van der Waals surface area contributed by atoms with Crippen molar-refractivity contribution in [3.05, 3.63) is 22.3 Å². The third-order valence-electron chi connectivity index (χ3n) is 6.57. The first kappa shape index (κ1) is 12.2. The number of fused-ring (bicyclic) bond motifs is 4. The second-order valence-electron chi connectivity index (χ2n) is 7.64. The summed E-state index contributed by atoms with van der Waals surface area (Å²) < 4.78 is 5.03. The zero-order chi connectivity index (χ0) is 14.1. The van der Waals surface area contributed by atoms with Gasteiger partial charge in [0.25, 0.3) is 0 Å². The van der Waals surface area contributed by atoms with Crippen LogP contribution in [0.1, 0.15) is 51.4 Å². The molecule has 4 aliphatic carbocycles. The van der Waals surface area contributed by atoms with Gasteiger partial charge in [-0.1, -0.05) is 11.1 Å². The summed E-state index contributed by atoms with van der Waals surface area (Å²) in [6.45, 7) is 0. The average Bonchev–Trinajstić information content (AvgIpc) is 3.23. The molecule has 110 valence electrons. The van der Waals surface area contributed by atoms with Gasteiger partial charge in [0.15, 0.2) is 0 Å². The first-order chi connectivity index (χ1) is 10.2. The van der Waals surface area contributed by atoms with Gasteiger partial charge in [-0.3, -0.25) is 0 Å². The number of allylic oxidation sites excluding steroid dienone is 2. The summed E-state index contributed by atoms with van der Waals surface area (Å²) in [7, 11) is 0. The second kappa shape index (κ2) is 4.08. The molecule has 4 saturated carbocycles. The normalized spacial score (nSPS) is 47.8. The van der Waals surface area contributed by atoms with Crippen molar-refractivity contribution in [2.75, 3.05) is 0 Å².